The van der Waals surface area contributed by atoms with E-state index in [1.807, 2.05) is 0 Å². The van der Waals surface area contributed by atoms with E-state index in [4.69, 9.17) is 5.11 Å². The molecule has 0 radical (unpaired) electrons. The van der Waals surface area contributed by atoms with Crippen LogP contribution < -0.4 is 0 Å². The molecule has 0 aliphatic rings. The molecule has 0 aliphatic carbocycles. The number of nitrogens with zero attached hydrogens (tertiary/aromatic N) is 2. The van der Waals surface area contributed by atoms with Crippen molar-refractivity contribution in [2.45, 2.75) is 31.1 Å². The van der Waals surface area contributed by atoms with Crippen molar-refractivity contribution in [1.29, 1.82) is 0 Å². The molecule has 0 saturated heterocycles. The van der Waals surface area contributed by atoms with Crippen molar-refractivity contribution in [3.05, 3.63) is 11.7 Å². The van der Waals surface area contributed by atoms with Crippen molar-refractivity contribution in [3.63, 3.8) is 0 Å². The molecule has 2 atom stereocenters. The standard InChI is InChI=1S/C8H12F2N2O4S/c1-4(17(2,14)15)8-11-6(16-12-8)3-5(13)7(9)10/h4-5,7,13H,3H2,1-2H3. The monoisotopic (exact) mass is 270 g/mol. The van der Waals surface area contributed by atoms with Crippen LogP contribution in [0, 0.1) is 0 Å². The van der Waals surface area contributed by atoms with Crippen molar-refractivity contribution >= 4 is 9.84 Å². The van der Waals surface area contributed by atoms with Gasteiger partial charge in [0.15, 0.2) is 15.7 Å². The number of sulfone groups is 1. The fourth-order valence-electron chi connectivity index (χ4n) is 0.976. The second kappa shape index (κ2) is 5.05. The molecule has 1 aromatic heterocycles. The Hall–Kier alpha value is -1.09. The van der Waals surface area contributed by atoms with Crippen LogP contribution in [0.5, 0.6) is 0 Å². The van der Waals surface area contributed by atoms with Gasteiger partial charge < -0.3 is 9.63 Å². The van der Waals surface area contributed by atoms with Crippen LogP contribution in [0.2, 0.25) is 0 Å². The predicted molar refractivity (Wildman–Crippen MR) is 53.3 cm³/mol. The maximum atomic E-state index is 12.0. The van der Waals surface area contributed by atoms with Crippen molar-refractivity contribution < 1.29 is 26.8 Å². The van der Waals surface area contributed by atoms with E-state index in [1.54, 1.807) is 0 Å². The van der Waals surface area contributed by atoms with E-state index in [2.05, 4.69) is 14.7 Å². The van der Waals surface area contributed by atoms with Crippen LogP contribution in [0.3, 0.4) is 0 Å². The van der Waals surface area contributed by atoms with Crippen LogP contribution in [0.4, 0.5) is 8.78 Å². The molecule has 1 aromatic rings. The Kier molecular flexibility index (Phi) is 4.15. The fourth-order valence-corrected chi connectivity index (χ4v) is 1.45. The minimum atomic E-state index is -3.38. The van der Waals surface area contributed by atoms with E-state index in [9.17, 15) is 17.2 Å². The number of halogens is 2. The van der Waals surface area contributed by atoms with Crippen LogP contribution in [0.25, 0.3) is 0 Å². The zero-order valence-electron chi connectivity index (χ0n) is 9.17. The maximum Gasteiger partial charge on any atom is 0.264 e. The molecule has 0 bridgehead atoms. The summed E-state index contributed by atoms with van der Waals surface area (Å²) in [5, 5.41) is 11.3. The van der Waals surface area contributed by atoms with Gasteiger partial charge in [-0.15, -0.1) is 0 Å². The fraction of sp³-hybridized carbons (Fsp3) is 0.750. The highest BCUT2D eigenvalue weighted by Gasteiger charge is 2.25. The maximum absolute atomic E-state index is 12.0. The third kappa shape index (κ3) is 3.70. The first-order chi connectivity index (χ1) is 7.71. The average molecular weight is 270 g/mol. The second-order valence-electron chi connectivity index (χ2n) is 3.62. The molecule has 0 aliphatic heterocycles. The normalized spacial score (nSPS) is 16.1. The summed E-state index contributed by atoms with van der Waals surface area (Å²) in [4.78, 5) is 3.65. The molecule has 17 heavy (non-hydrogen) atoms. The predicted octanol–water partition coefficient (Wildman–Crippen LogP) is 0.344. The summed E-state index contributed by atoms with van der Waals surface area (Å²) in [5.41, 5.74) is 0. The van der Waals surface area contributed by atoms with Crippen LogP contribution >= 0.6 is 0 Å². The van der Waals surface area contributed by atoms with Crippen LogP contribution in [0.1, 0.15) is 23.9 Å². The number of hydrogen-bond donors (Lipinski definition) is 1. The molecule has 0 fully saturated rings. The van der Waals surface area contributed by atoms with Crippen LogP contribution in [-0.2, 0) is 16.3 Å². The van der Waals surface area contributed by atoms with Gasteiger partial charge in [0, 0.05) is 6.26 Å². The lowest BCUT2D eigenvalue weighted by Crippen LogP contribution is -2.20. The number of aliphatic hydroxyl groups excluding tert-OH is 1. The van der Waals surface area contributed by atoms with Crippen LogP contribution in [0.15, 0.2) is 4.52 Å². The first kappa shape index (κ1) is 14.0. The molecule has 1 N–H and O–H groups in total. The van der Waals surface area contributed by atoms with Gasteiger partial charge in [-0.3, -0.25) is 0 Å². The minimum absolute atomic E-state index is 0.107. The summed E-state index contributed by atoms with van der Waals surface area (Å²) in [5.74, 6) is -0.327. The Labute approximate surface area is 96.6 Å². The largest absolute Gasteiger partial charge is 0.387 e. The second-order valence-corrected chi connectivity index (χ2v) is 5.99. The Balaban J connectivity index is 2.79. The van der Waals surface area contributed by atoms with E-state index in [1.165, 1.54) is 6.92 Å². The average Bonchev–Trinajstić information content (AvgIpc) is 2.63. The molecule has 0 saturated carbocycles. The molecule has 98 valence electrons. The Bertz CT molecular complexity index is 474. The van der Waals surface area contributed by atoms with Gasteiger partial charge in [0.2, 0.25) is 5.89 Å². The van der Waals surface area contributed by atoms with Crippen molar-refractivity contribution in [2.24, 2.45) is 0 Å². The van der Waals surface area contributed by atoms with Crippen molar-refractivity contribution in [1.82, 2.24) is 10.1 Å². The Morgan fingerprint density at radius 3 is 2.53 bits per heavy atom. The summed E-state index contributed by atoms with van der Waals surface area (Å²) in [7, 11) is -3.38. The number of alkyl halides is 2. The van der Waals surface area contributed by atoms with Gasteiger partial charge in [-0.1, -0.05) is 5.16 Å². The third-order valence-corrected chi connectivity index (χ3v) is 3.66. The zero-order chi connectivity index (χ0) is 13.2. The third-order valence-electron chi connectivity index (χ3n) is 2.16. The smallest absolute Gasteiger partial charge is 0.264 e. The highest BCUT2D eigenvalue weighted by Crippen LogP contribution is 2.18. The molecule has 0 spiro atoms. The van der Waals surface area contributed by atoms with E-state index in [-0.39, 0.29) is 11.7 Å². The van der Waals surface area contributed by atoms with E-state index >= 15 is 0 Å². The summed E-state index contributed by atoms with van der Waals surface area (Å²) < 4.78 is 51.0. The van der Waals surface area contributed by atoms with Crippen LogP contribution in [-0.4, -0.2) is 42.5 Å². The molecule has 1 rings (SSSR count). The topological polar surface area (TPSA) is 93.3 Å². The highest BCUT2D eigenvalue weighted by atomic mass is 32.2. The van der Waals surface area contributed by atoms with Gasteiger partial charge >= 0.3 is 0 Å². The lowest BCUT2D eigenvalue weighted by atomic mass is 10.2. The molecule has 9 heteroatoms. The van der Waals surface area contributed by atoms with Gasteiger partial charge in [-0.2, -0.15) is 4.98 Å². The number of rotatable bonds is 5. The van der Waals surface area contributed by atoms with Crippen molar-refractivity contribution in [3.8, 4) is 0 Å². The van der Waals surface area contributed by atoms with E-state index in [0.29, 0.717) is 0 Å². The number of hydrogen-bond acceptors (Lipinski definition) is 6. The van der Waals surface area contributed by atoms with Gasteiger partial charge in [-0.25, -0.2) is 17.2 Å². The Morgan fingerprint density at radius 1 is 1.47 bits per heavy atom. The summed E-state index contributed by atoms with van der Waals surface area (Å²) in [6.07, 6.45) is -4.34. The SMILES string of the molecule is CC(c1noc(CC(O)C(F)F)n1)S(C)(=O)=O. The number of aliphatic hydroxyl groups is 1. The quantitative estimate of drug-likeness (QED) is 0.829. The molecule has 0 aromatic carbocycles. The number of aromatic nitrogens is 2. The van der Waals surface area contributed by atoms with Gasteiger partial charge in [0.1, 0.15) is 11.4 Å². The van der Waals surface area contributed by atoms with E-state index < -0.39 is 34.0 Å². The molecular formula is C8H12F2N2O4S. The first-order valence-electron chi connectivity index (χ1n) is 4.69. The lowest BCUT2D eigenvalue weighted by molar-refractivity contribution is -0.00754. The van der Waals surface area contributed by atoms with Gasteiger partial charge in [0.25, 0.3) is 6.43 Å². The molecule has 0 amide bonds. The summed E-state index contributed by atoms with van der Waals surface area (Å²) in [6.45, 7) is 1.35. The summed E-state index contributed by atoms with van der Waals surface area (Å²) in [6, 6.07) is 0. The lowest BCUT2D eigenvalue weighted by Gasteiger charge is -2.04. The summed E-state index contributed by atoms with van der Waals surface area (Å²) >= 11 is 0. The highest BCUT2D eigenvalue weighted by molar-refractivity contribution is 7.90. The molecule has 6 nitrogen and oxygen atoms in total. The van der Waals surface area contributed by atoms with E-state index in [0.717, 1.165) is 6.26 Å². The minimum Gasteiger partial charge on any atom is -0.387 e. The van der Waals surface area contributed by atoms with Crippen molar-refractivity contribution in [2.75, 3.05) is 6.26 Å². The molecule has 2 unspecified atom stereocenters. The zero-order valence-corrected chi connectivity index (χ0v) is 9.99. The molecular weight excluding hydrogens is 258 g/mol. The molecule has 1 heterocycles. The first-order valence-corrected chi connectivity index (χ1v) is 6.65. The van der Waals surface area contributed by atoms with Gasteiger partial charge in [-0.05, 0) is 6.92 Å². The van der Waals surface area contributed by atoms with Gasteiger partial charge in [0.05, 0.1) is 6.42 Å². The Morgan fingerprint density at radius 2 is 2.06 bits per heavy atom.